The predicted molar refractivity (Wildman–Crippen MR) is 57.5 cm³/mol. The van der Waals surface area contributed by atoms with Crippen LogP contribution in [-0.4, -0.2) is 12.6 Å². The number of carbonyl (C=O) groups is 1. The summed E-state index contributed by atoms with van der Waals surface area (Å²) < 4.78 is 42.7. The molecule has 2 nitrogen and oxygen atoms in total. The Morgan fingerprint density at radius 1 is 1.47 bits per heavy atom. The topological polar surface area (TPSA) is 26.3 Å². The first-order valence-electron chi connectivity index (χ1n) is 4.91. The molecule has 0 spiro atoms. The molecule has 1 rings (SSSR count). The fourth-order valence-corrected chi connectivity index (χ4v) is 1.42. The summed E-state index contributed by atoms with van der Waals surface area (Å²) in [6, 6.07) is 3.35. The van der Waals surface area contributed by atoms with Gasteiger partial charge in [-0.15, -0.1) is 0 Å². The number of hydrogen-bond acceptors (Lipinski definition) is 2. The molecule has 0 aliphatic carbocycles. The van der Waals surface area contributed by atoms with E-state index in [1.807, 2.05) is 0 Å². The summed E-state index contributed by atoms with van der Waals surface area (Å²) in [5.74, 6) is -0.784. The zero-order valence-electron chi connectivity index (χ0n) is 9.17. The highest BCUT2D eigenvalue weighted by atomic mass is 19.4. The van der Waals surface area contributed by atoms with E-state index in [2.05, 4.69) is 11.3 Å². The van der Waals surface area contributed by atoms with E-state index in [0.29, 0.717) is 0 Å². The van der Waals surface area contributed by atoms with Gasteiger partial charge in [0, 0.05) is 5.56 Å². The molecule has 0 saturated heterocycles. The third-order valence-corrected chi connectivity index (χ3v) is 2.11. The van der Waals surface area contributed by atoms with Crippen LogP contribution in [0.3, 0.4) is 0 Å². The third kappa shape index (κ3) is 2.87. The average Bonchev–Trinajstić information content (AvgIpc) is 2.27. The monoisotopic (exact) mass is 244 g/mol. The molecule has 92 valence electrons. The number of esters is 1. The lowest BCUT2D eigenvalue weighted by atomic mass is 10.0. The third-order valence-electron chi connectivity index (χ3n) is 2.11. The predicted octanol–water partition coefficient (Wildman–Crippen LogP) is 3.53. The molecule has 0 aromatic heterocycles. The number of benzene rings is 1. The SMILES string of the molecule is C=Cc1c(C(=O)OCC)cccc1C(F)(F)F. The van der Waals surface area contributed by atoms with Crippen molar-refractivity contribution < 1.29 is 22.7 Å². The van der Waals surface area contributed by atoms with Crippen LogP contribution >= 0.6 is 0 Å². The lowest BCUT2D eigenvalue weighted by Gasteiger charge is -2.13. The highest BCUT2D eigenvalue weighted by Crippen LogP contribution is 2.34. The van der Waals surface area contributed by atoms with Crippen molar-refractivity contribution in [1.82, 2.24) is 0 Å². The van der Waals surface area contributed by atoms with E-state index in [-0.39, 0.29) is 17.7 Å². The average molecular weight is 244 g/mol. The zero-order valence-corrected chi connectivity index (χ0v) is 9.17. The molecule has 0 amide bonds. The van der Waals surface area contributed by atoms with Gasteiger partial charge in [0.15, 0.2) is 0 Å². The molecule has 17 heavy (non-hydrogen) atoms. The maximum absolute atomic E-state index is 12.7. The molecule has 0 fully saturated rings. The number of hydrogen-bond donors (Lipinski definition) is 0. The fraction of sp³-hybridized carbons (Fsp3) is 0.250. The highest BCUT2D eigenvalue weighted by Gasteiger charge is 2.34. The number of alkyl halides is 3. The summed E-state index contributed by atoms with van der Waals surface area (Å²) in [5.41, 5.74) is -1.27. The van der Waals surface area contributed by atoms with Crippen molar-refractivity contribution >= 4 is 12.0 Å². The largest absolute Gasteiger partial charge is 0.462 e. The number of halogens is 3. The second kappa shape index (κ2) is 5.03. The molecule has 0 atom stereocenters. The summed E-state index contributed by atoms with van der Waals surface area (Å²) in [7, 11) is 0. The molecular formula is C12H11F3O2. The van der Waals surface area contributed by atoms with Gasteiger partial charge in [-0.05, 0) is 19.1 Å². The molecule has 1 aromatic carbocycles. The number of rotatable bonds is 3. The standard InChI is InChI=1S/C12H11F3O2/c1-3-8-9(11(16)17-4-2)6-5-7-10(8)12(13,14)15/h3,5-7H,1,4H2,2H3. The molecule has 5 heteroatoms. The van der Waals surface area contributed by atoms with Gasteiger partial charge in [-0.2, -0.15) is 13.2 Å². The van der Waals surface area contributed by atoms with E-state index in [9.17, 15) is 18.0 Å². The molecule has 0 radical (unpaired) electrons. The van der Waals surface area contributed by atoms with Crippen molar-refractivity contribution in [2.45, 2.75) is 13.1 Å². The summed E-state index contributed by atoms with van der Waals surface area (Å²) in [5, 5.41) is 0. The van der Waals surface area contributed by atoms with Crippen LogP contribution in [0.4, 0.5) is 13.2 Å². The van der Waals surface area contributed by atoms with Crippen molar-refractivity contribution in [3.8, 4) is 0 Å². The minimum atomic E-state index is -4.52. The molecule has 0 aliphatic heterocycles. The van der Waals surface area contributed by atoms with Crippen LogP contribution in [0.25, 0.3) is 6.08 Å². The van der Waals surface area contributed by atoms with E-state index in [0.717, 1.165) is 12.1 Å². The molecule has 0 aliphatic rings. The van der Waals surface area contributed by atoms with Crippen molar-refractivity contribution in [3.63, 3.8) is 0 Å². The van der Waals surface area contributed by atoms with E-state index in [1.165, 1.54) is 12.1 Å². The van der Waals surface area contributed by atoms with E-state index in [1.54, 1.807) is 6.92 Å². The maximum atomic E-state index is 12.7. The van der Waals surface area contributed by atoms with Crippen LogP contribution in [0.1, 0.15) is 28.4 Å². The smallest absolute Gasteiger partial charge is 0.417 e. The number of ether oxygens (including phenoxy) is 1. The van der Waals surface area contributed by atoms with Gasteiger partial charge in [-0.3, -0.25) is 0 Å². The van der Waals surface area contributed by atoms with Crippen LogP contribution in [-0.2, 0) is 10.9 Å². The Labute approximate surface area is 96.7 Å². The second-order valence-corrected chi connectivity index (χ2v) is 3.19. The molecule has 0 N–H and O–H groups in total. The zero-order chi connectivity index (χ0) is 13.1. The van der Waals surface area contributed by atoms with E-state index < -0.39 is 17.7 Å². The first kappa shape index (κ1) is 13.3. The van der Waals surface area contributed by atoms with Crippen molar-refractivity contribution in [3.05, 3.63) is 41.5 Å². The van der Waals surface area contributed by atoms with Crippen LogP contribution in [0.15, 0.2) is 24.8 Å². The van der Waals surface area contributed by atoms with Crippen molar-refractivity contribution in [1.29, 1.82) is 0 Å². The highest BCUT2D eigenvalue weighted by molar-refractivity contribution is 5.94. The van der Waals surface area contributed by atoms with Crippen LogP contribution in [0.5, 0.6) is 0 Å². The summed E-state index contributed by atoms with van der Waals surface area (Å²) in [6.07, 6.45) is -3.51. The Bertz CT molecular complexity index is 436. The lowest BCUT2D eigenvalue weighted by Crippen LogP contribution is -2.13. The molecule has 0 saturated carbocycles. The van der Waals surface area contributed by atoms with Crippen molar-refractivity contribution in [2.75, 3.05) is 6.61 Å². The Morgan fingerprint density at radius 3 is 2.59 bits per heavy atom. The van der Waals surface area contributed by atoms with Gasteiger partial charge in [-0.1, -0.05) is 18.7 Å². The summed E-state index contributed by atoms with van der Waals surface area (Å²) >= 11 is 0. The summed E-state index contributed by atoms with van der Waals surface area (Å²) in [4.78, 5) is 11.5. The molecular weight excluding hydrogens is 233 g/mol. The molecule has 0 bridgehead atoms. The molecule has 0 heterocycles. The lowest BCUT2D eigenvalue weighted by molar-refractivity contribution is -0.137. The Morgan fingerprint density at radius 2 is 2.12 bits per heavy atom. The molecule has 0 unspecified atom stereocenters. The van der Waals surface area contributed by atoms with Crippen LogP contribution in [0.2, 0.25) is 0 Å². The molecule has 1 aromatic rings. The van der Waals surface area contributed by atoms with Gasteiger partial charge in [0.2, 0.25) is 0 Å². The van der Waals surface area contributed by atoms with E-state index in [4.69, 9.17) is 0 Å². The quantitative estimate of drug-likeness (QED) is 0.760. The first-order valence-corrected chi connectivity index (χ1v) is 4.91. The van der Waals surface area contributed by atoms with Gasteiger partial charge in [0.05, 0.1) is 17.7 Å². The summed E-state index contributed by atoms with van der Waals surface area (Å²) in [6.45, 7) is 4.99. The minimum absolute atomic E-state index is 0.103. The maximum Gasteiger partial charge on any atom is 0.417 e. The normalized spacial score (nSPS) is 11.1. The fourth-order valence-electron chi connectivity index (χ4n) is 1.42. The second-order valence-electron chi connectivity index (χ2n) is 3.19. The Balaban J connectivity index is 3.34. The Kier molecular flexibility index (Phi) is 3.93. The Hall–Kier alpha value is -1.78. The van der Waals surface area contributed by atoms with Gasteiger partial charge in [0.25, 0.3) is 0 Å². The van der Waals surface area contributed by atoms with Crippen molar-refractivity contribution in [2.24, 2.45) is 0 Å². The van der Waals surface area contributed by atoms with Crippen LogP contribution in [0, 0.1) is 0 Å². The first-order chi connectivity index (χ1) is 7.91. The van der Waals surface area contributed by atoms with Gasteiger partial charge in [-0.25, -0.2) is 4.79 Å². The van der Waals surface area contributed by atoms with Gasteiger partial charge >= 0.3 is 12.1 Å². The van der Waals surface area contributed by atoms with E-state index >= 15 is 0 Å². The van der Waals surface area contributed by atoms with Gasteiger partial charge in [0.1, 0.15) is 0 Å². The van der Waals surface area contributed by atoms with Gasteiger partial charge < -0.3 is 4.74 Å². The van der Waals surface area contributed by atoms with Crippen LogP contribution < -0.4 is 0 Å². The minimum Gasteiger partial charge on any atom is -0.462 e. The number of carbonyl (C=O) groups excluding carboxylic acids is 1.